The van der Waals surface area contributed by atoms with Gasteiger partial charge in [0, 0.05) is 19.4 Å². The van der Waals surface area contributed by atoms with Gasteiger partial charge in [0.1, 0.15) is 17.7 Å². The van der Waals surface area contributed by atoms with Gasteiger partial charge in [0.25, 0.3) is 5.91 Å². The van der Waals surface area contributed by atoms with E-state index in [4.69, 9.17) is 11.6 Å². The second kappa shape index (κ2) is 6.84. The van der Waals surface area contributed by atoms with Gasteiger partial charge in [-0.15, -0.1) is 0 Å². The predicted molar refractivity (Wildman–Crippen MR) is 90.4 cm³/mol. The first-order valence-electron chi connectivity index (χ1n) is 7.34. The summed E-state index contributed by atoms with van der Waals surface area (Å²) in [7, 11) is 1.82. The van der Waals surface area contributed by atoms with E-state index < -0.39 is 6.04 Å². The number of carbonyl (C=O) groups is 1. The number of halogens is 2. The molecule has 1 N–H and O–H groups in total. The van der Waals surface area contributed by atoms with Crippen molar-refractivity contribution in [2.24, 2.45) is 7.05 Å². The molecular formula is C18H15ClFN3O. The smallest absolute Gasteiger partial charge is 0.253 e. The number of nitrogens with one attached hydrogen (secondary N) is 1. The van der Waals surface area contributed by atoms with E-state index in [1.807, 2.05) is 7.05 Å². The van der Waals surface area contributed by atoms with Crippen LogP contribution < -0.4 is 5.32 Å². The van der Waals surface area contributed by atoms with Crippen LogP contribution in [0.5, 0.6) is 0 Å². The third-order valence-electron chi connectivity index (χ3n) is 3.69. The van der Waals surface area contributed by atoms with Gasteiger partial charge < -0.3 is 9.88 Å². The van der Waals surface area contributed by atoms with Crippen molar-refractivity contribution in [1.82, 2.24) is 14.9 Å². The van der Waals surface area contributed by atoms with Crippen molar-refractivity contribution in [1.29, 1.82) is 0 Å². The van der Waals surface area contributed by atoms with Crippen molar-refractivity contribution in [3.05, 3.63) is 88.7 Å². The van der Waals surface area contributed by atoms with Crippen LogP contribution in [0.15, 0.2) is 60.9 Å². The number of benzene rings is 2. The number of imidazole rings is 1. The summed E-state index contributed by atoms with van der Waals surface area (Å²) in [6.45, 7) is 0. The van der Waals surface area contributed by atoms with E-state index >= 15 is 0 Å². The number of hydrogen-bond donors (Lipinski definition) is 1. The number of aryl methyl sites for hydroxylation is 1. The van der Waals surface area contributed by atoms with Crippen LogP contribution in [0.25, 0.3) is 0 Å². The van der Waals surface area contributed by atoms with E-state index in [2.05, 4.69) is 10.3 Å². The maximum Gasteiger partial charge on any atom is 0.253 e. The SMILES string of the molecule is Cn1ccnc1C(NC(=O)c1ccccc1Cl)c1cccc(F)c1. The summed E-state index contributed by atoms with van der Waals surface area (Å²) in [6, 6.07) is 12.3. The monoisotopic (exact) mass is 343 g/mol. The number of hydrogen-bond acceptors (Lipinski definition) is 2. The van der Waals surface area contributed by atoms with E-state index in [0.29, 0.717) is 22.0 Å². The van der Waals surface area contributed by atoms with E-state index in [9.17, 15) is 9.18 Å². The molecule has 0 radical (unpaired) electrons. The van der Waals surface area contributed by atoms with Crippen LogP contribution in [0, 0.1) is 5.82 Å². The fraction of sp³-hybridized carbons (Fsp3) is 0.111. The molecule has 2 aromatic carbocycles. The molecule has 0 fully saturated rings. The molecule has 122 valence electrons. The predicted octanol–water partition coefficient (Wildman–Crippen LogP) is 3.73. The van der Waals surface area contributed by atoms with Crippen molar-refractivity contribution >= 4 is 17.5 Å². The Morgan fingerprint density at radius 1 is 1.25 bits per heavy atom. The van der Waals surface area contributed by atoms with Gasteiger partial charge in [-0.05, 0) is 29.8 Å². The standard InChI is InChI=1S/C18H15ClFN3O/c1-23-10-9-21-17(23)16(12-5-4-6-13(20)11-12)22-18(24)14-7-2-3-8-15(14)19/h2-11,16H,1H3,(H,22,24). The Morgan fingerprint density at radius 3 is 2.71 bits per heavy atom. The summed E-state index contributed by atoms with van der Waals surface area (Å²) in [5, 5.41) is 3.24. The molecule has 1 unspecified atom stereocenters. The molecule has 1 amide bonds. The van der Waals surface area contributed by atoms with Crippen molar-refractivity contribution < 1.29 is 9.18 Å². The van der Waals surface area contributed by atoms with Crippen LogP contribution in [0.1, 0.15) is 27.8 Å². The highest BCUT2D eigenvalue weighted by Gasteiger charge is 2.22. The van der Waals surface area contributed by atoms with Crippen molar-refractivity contribution in [3.8, 4) is 0 Å². The topological polar surface area (TPSA) is 46.9 Å². The quantitative estimate of drug-likeness (QED) is 0.784. The first kappa shape index (κ1) is 16.2. The van der Waals surface area contributed by atoms with Crippen molar-refractivity contribution in [3.63, 3.8) is 0 Å². The van der Waals surface area contributed by atoms with Crippen LogP contribution in [-0.2, 0) is 7.05 Å². The van der Waals surface area contributed by atoms with E-state index in [0.717, 1.165) is 0 Å². The minimum absolute atomic E-state index is 0.349. The second-order valence-corrected chi connectivity index (χ2v) is 5.74. The Balaban J connectivity index is 1.98. The van der Waals surface area contributed by atoms with Crippen LogP contribution in [0.3, 0.4) is 0 Å². The normalized spacial score (nSPS) is 12.0. The van der Waals surface area contributed by atoms with Gasteiger partial charge in [-0.2, -0.15) is 0 Å². The Bertz CT molecular complexity index is 878. The number of rotatable bonds is 4. The first-order valence-corrected chi connectivity index (χ1v) is 7.72. The lowest BCUT2D eigenvalue weighted by atomic mass is 10.0. The van der Waals surface area contributed by atoms with Crippen LogP contribution in [-0.4, -0.2) is 15.5 Å². The van der Waals surface area contributed by atoms with Gasteiger partial charge >= 0.3 is 0 Å². The molecule has 0 aliphatic heterocycles. The molecule has 1 heterocycles. The maximum absolute atomic E-state index is 13.6. The summed E-state index contributed by atoms with van der Waals surface area (Å²) in [5.41, 5.74) is 0.958. The number of nitrogens with zero attached hydrogens (tertiary/aromatic N) is 2. The van der Waals surface area contributed by atoms with Gasteiger partial charge in [-0.1, -0.05) is 35.9 Å². The zero-order chi connectivity index (χ0) is 17.1. The minimum Gasteiger partial charge on any atom is -0.338 e. The maximum atomic E-state index is 13.6. The Hall–Kier alpha value is -2.66. The molecule has 24 heavy (non-hydrogen) atoms. The average Bonchev–Trinajstić information content (AvgIpc) is 2.98. The van der Waals surface area contributed by atoms with E-state index in [1.54, 1.807) is 53.4 Å². The molecule has 4 nitrogen and oxygen atoms in total. The van der Waals surface area contributed by atoms with E-state index in [1.165, 1.54) is 12.1 Å². The molecule has 0 saturated heterocycles. The summed E-state index contributed by atoms with van der Waals surface area (Å²) >= 11 is 6.09. The lowest BCUT2D eigenvalue weighted by Crippen LogP contribution is -2.31. The summed E-state index contributed by atoms with van der Waals surface area (Å²) in [6.07, 6.45) is 3.40. The first-order chi connectivity index (χ1) is 11.6. The molecule has 0 saturated carbocycles. The Labute approximate surface area is 143 Å². The second-order valence-electron chi connectivity index (χ2n) is 5.34. The van der Waals surface area contributed by atoms with Gasteiger partial charge in [-0.3, -0.25) is 4.79 Å². The highest BCUT2D eigenvalue weighted by molar-refractivity contribution is 6.33. The Morgan fingerprint density at radius 2 is 2.04 bits per heavy atom. The summed E-state index contributed by atoms with van der Waals surface area (Å²) in [4.78, 5) is 16.9. The van der Waals surface area contributed by atoms with Crippen molar-refractivity contribution in [2.75, 3.05) is 0 Å². The van der Waals surface area contributed by atoms with Crippen molar-refractivity contribution in [2.45, 2.75) is 6.04 Å². The average molecular weight is 344 g/mol. The molecule has 1 atom stereocenters. The lowest BCUT2D eigenvalue weighted by molar-refractivity contribution is 0.0941. The molecular weight excluding hydrogens is 329 g/mol. The molecule has 0 bridgehead atoms. The van der Waals surface area contributed by atoms with Gasteiger partial charge in [0.2, 0.25) is 0 Å². The van der Waals surface area contributed by atoms with Crippen LogP contribution in [0.2, 0.25) is 5.02 Å². The zero-order valence-electron chi connectivity index (χ0n) is 12.9. The fourth-order valence-electron chi connectivity index (χ4n) is 2.49. The number of aromatic nitrogens is 2. The minimum atomic E-state index is -0.593. The van der Waals surface area contributed by atoms with Gasteiger partial charge in [-0.25, -0.2) is 9.37 Å². The summed E-state index contributed by atoms with van der Waals surface area (Å²) < 4.78 is 15.4. The fourth-order valence-corrected chi connectivity index (χ4v) is 2.71. The largest absolute Gasteiger partial charge is 0.338 e. The van der Waals surface area contributed by atoms with E-state index in [-0.39, 0.29) is 11.7 Å². The third-order valence-corrected chi connectivity index (χ3v) is 4.02. The zero-order valence-corrected chi connectivity index (χ0v) is 13.7. The molecule has 1 aromatic heterocycles. The molecule has 0 aliphatic carbocycles. The number of amides is 1. The molecule has 0 aliphatic rings. The van der Waals surface area contributed by atoms with Gasteiger partial charge in [0.15, 0.2) is 0 Å². The lowest BCUT2D eigenvalue weighted by Gasteiger charge is -2.19. The highest BCUT2D eigenvalue weighted by Crippen LogP contribution is 2.23. The molecule has 3 rings (SSSR count). The Kier molecular flexibility index (Phi) is 4.62. The number of carbonyl (C=O) groups excluding carboxylic acids is 1. The highest BCUT2D eigenvalue weighted by atomic mass is 35.5. The summed E-state index contributed by atoms with van der Waals surface area (Å²) in [5.74, 6) is -0.127. The molecule has 6 heteroatoms. The van der Waals surface area contributed by atoms with Gasteiger partial charge in [0.05, 0.1) is 10.6 Å². The third kappa shape index (κ3) is 3.31. The van der Waals surface area contributed by atoms with Crippen LogP contribution >= 0.6 is 11.6 Å². The van der Waals surface area contributed by atoms with Crippen LogP contribution in [0.4, 0.5) is 4.39 Å². The molecule has 3 aromatic rings. The molecule has 0 spiro atoms.